The molecule has 5 heteroatoms. The number of urea groups is 1. The van der Waals surface area contributed by atoms with Crippen LogP contribution in [0.4, 0.5) is 4.79 Å². The van der Waals surface area contributed by atoms with E-state index in [9.17, 15) is 9.59 Å². The number of carboxylic acids is 1. The maximum atomic E-state index is 12.3. The number of likely N-dealkylation sites (tertiary alicyclic amines) is 1. The fraction of sp³-hybridized carbons (Fsp3) is 0.846. The van der Waals surface area contributed by atoms with Gasteiger partial charge in [0.15, 0.2) is 0 Å². The van der Waals surface area contributed by atoms with Gasteiger partial charge in [-0.15, -0.1) is 0 Å². The van der Waals surface area contributed by atoms with Crippen molar-refractivity contribution in [3.63, 3.8) is 0 Å². The van der Waals surface area contributed by atoms with Gasteiger partial charge in [0.1, 0.15) is 0 Å². The summed E-state index contributed by atoms with van der Waals surface area (Å²) in [6.07, 6.45) is 2.94. The summed E-state index contributed by atoms with van der Waals surface area (Å²) in [5.41, 5.74) is -0.778. The Balaban J connectivity index is 1.96. The van der Waals surface area contributed by atoms with E-state index in [1.807, 2.05) is 7.05 Å². The van der Waals surface area contributed by atoms with Crippen LogP contribution >= 0.6 is 0 Å². The monoisotopic (exact) mass is 254 g/mol. The molecule has 0 aromatic heterocycles. The van der Waals surface area contributed by atoms with Gasteiger partial charge in [0.2, 0.25) is 0 Å². The predicted octanol–water partition coefficient (Wildman–Crippen LogP) is 1.63. The summed E-state index contributed by atoms with van der Waals surface area (Å²) < 4.78 is 0. The van der Waals surface area contributed by atoms with Crippen molar-refractivity contribution in [1.82, 2.24) is 9.80 Å². The Bertz CT molecular complexity index is 367. The van der Waals surface area contributed by atoms with Gasteiger partial charge in [-0.25, -0.2) is 4.79 Å². The highest BCUT2D eigenvalue weighted by Gasteiger charge is 2.44. The first-order valence-electron chi connectivity index (χ1n) is 6.60. The number of aliphatic carboxylic acids is 1. The normalized spacial score (nSPS) is 29.2. The maximum Gasteiger partial charge on any atom is 0.320 e. The average molecular weight is 254 g/mol. The molecule has 1 heterocycles. The quantitative estimate of drug-likeness (QED) is 0.832. The third kappa shape index (κ3) is 2.31. The van der Waals surface area contributed by atoms with Crippen molar-refractivity contribution in [3.8, 4) is 0 Å². The lowest BCUT2D eigenvalue weighted by Crippen LogP contribution is -2.46. The number of nitrogens with zero attached hydrogens (tertiary/aromatic N) is 2. The fourth-order valence-electron chi connectivity index (χ4n) is 2.59. The molecule has 1 saturated carbocycles. The van der Waals surface area contributed by atoms with E-state index in [4.69, 9.17) is 5.11 Å². The van der Waals surface area contributed by atoms with Crippen LogP contribution in [0.15, 0.2) is 0 Å². The van der Waals surface area contributed by atoms with Crippen LogP contribution < -0.4 is 0 Å². The van der Waals surface area contributed by atoms with Crippen molar-refractivity contribution < 1.29 is 14.7 Å². The molecule has 1 saturated heterocycles. The molecule has 0 aromatic rings. The van der Waals surface area contributed by atoms with Crippen LogP contribution in [0, 0.1) is 11.3 Å². The molecule has 2 rings (SSSR count). The summed E-state index contributed by atoms with van der Waals surface area (Å²) in [6, 6.07) is 0.230. The largest absolute Gasteiger partial charge is 0.481 e. The highest BCUT2D eigenvalue weighted by atomic mass is 16.4. The molecule has 5 nitrogen and oxygen atoms in total. The van der Waals surface area contributed by atoms with Crippen LogP contribution in [0.2, 0.25) is 0 Å². The molecular formula is C13H22N2O3. The molecular weight excluding hydrogens is 232 g/mol. The highest BCUT2D eigenvalue weighted by Crippen LogP contribution is 2.36. The SMILES string of the molecule is CC(C1CC1)N(C)C(=O)N1CCC(C)(C(=O)O)C1. The number of carbonyl (C=O) groups excluding carboxylic acids is 1. The van der Waals surface area contributed by atoms with Gasteiger partial charge in [-0.3, -0.25) is 4.79 Å². The molecule has 0 aromatic carbocycles. The molecule has 2 atom stereocenters. The third-order valence-corrected chi connectivity index (χ3v) is 4.48. The number of hydrogen-bond donors (Lipinski definition) is 1. The van der Waals surface area contributed by atoms with Crippen LogP contribution in [-0.2, 0) is 4.79 Å². The van der Waals surface area contributed by atoms with E-state index in [1.165, 1.54) is 12.8 Å². The Morgan fingerprint density at radius 3 is 2.50 bits per heavy atom. The van der Waals surface area contributed by atoms with Crippen LogP contribution in [0.25, 0.3) is 0 Å². The van der Waals surface area contributed by atoms with Gasteiger partial charge < -0.3 is 14.9 Å². The number of amides is 2. The topological polar surface area (TPSA) is 60.9 Å². The minimum Gasteiger partial charge on any atom is -0.481 e. The van der Waals surface area contributed by atoms with E-state index in [1.54, 1.807) is 16.7 Å². The molecule has 1 N–H and O–H groups in total. The first-order chi connectivity index (χ1) is 8.35. The lowest BCUT2D eigenvalue weighted by molar-refractivity contribution is -0.147. The Morgan fingerprint density at radius 1 is 1.44 bits per heavy atom. The van der Waals surface area contributed by atoms with E-state index >= 15 is 0 Å². The van der Waals surface area contributed by atoms with Crippen molar-refractivity contribution in [2.75, 3.05) is 20.1 Å². The van der Waals surface area contributed by atoms with Gasteiger partial charge in [0, 0.05) is 26.2 Å². The summed E-state index contributed by atoms with van der Waals surface area (Å²) in [6.45, 7) is 4.65. The molecule has 1 aliphatic carbocycles. The van der Waals surface area contributed by atoms with Gasteiger partial charge >= 0.3 is 12.0 Å². The molecule has 102 valence electrons. The molecule has 0 radical (unpaired) electrons. The van der Waals surface area contributed by atoms with E-state index in [0.717, 1.165) is 0 Å². The Kier molecular flexibility index (Phi) is 3.25. The van der Waals surface area contributed by atoms with Gasteiger partial charge in [-0.1, -0.05) is 0 Å². The lowest BCUT2D eigenvalue weighted by Gasteiger charge is -2.30. The molecule has 2 fully saturated rings. The fourth-order valence-corrected chi connectivity index (χ4v) is 2.59. The van der Waals surface area contributed by atoms with Crippen molar-refractivity contribution in [2.24, 2.45) is 11.3 Å². The standard InChI is InChI=1S/C13H22N2O3/c1-9(10-4-5-10)14(3)12(18)15-7-6-13(2,8-15)11(16)17/h9-10H,4-8H2,1-3H3,(H,16,17). The predicted molar refractivity (Wildman–Crippen MR) is 67.3 cm³/mol. The Hall–Kier alpha value is -1.26. The molecule has 0 spiro atoms. The smallest absolute Gasteiger partial charge is 0.320 e. The van der Waals surface area contributed by atoms with Gasteiger partial charge in [0.05, 0.1) is 5.41 Å². The molecule has 0 bridgehead atoms. The second-order valence-electron chi connectivity index (χ2n) is 6.01. The van der Waals surface area contributed by atoms with E-state index in [-0.39, 0.29) is 12.1 Å². The van der Waals surface area contributed by atoms with Crippen molar-refractivity contribution in [2.45, 2.75) is 39.2 Å². The molecule has 18 heavy (non-hydrogen) atoms. The third-order valence-electron chi connectivity index (χ3n) is 4.48. The van der Waals surface area contributed by atoms with Gasteiger partial charge in [-0.05, 0) is 39.0 Å². The van der Waals surface area contributed by atoms with Crippen LogP contribution in [-0.4, -0.2) is 53.1 Å². The van der Waals surface area contributed by atoms with E-state index < -0.39 is 11.4 Å². The first kappa shape index (κ1) is 13.2. The van der Waals surface area contributed by atoms with Crippen LogP contribution in [0.5, 0.6) is 0 Å². The highest BCUT2D eigenvalue weighted by molar-refractivity contribution is 5.79. The summed E-state index contributed by atoms with van der Waals surface area (Å²) >= 11 is 0. The molecule has 2 amide bonds. The molecule has 1 aliphatic heterocycles. The van der Waals surface area contributed by atoms with Crippen molar-refractivity contribution >= 4 is 12.0 Å². The van der Waals surface area contributed by atoms with Crippen LogP contribution in [0.1, 0.15) is 33.1 Å². The second kappa shape index (κ2) is 4.44. The van der Waals surface area contributed by atoms with Gasteiger partial charge in [0.25, 0.3) is 0 Å². The number of carboxylic acid groups (broad SMARTS) is 1. The molecule has 2 aliphatic rings. The van der Waals surface area contributed by atoms with Crippen LogP contribution in [0.3, 0.4) is 0 Å². The van der Waals surface area contributed by atoms with E-state index in [0.29, 0.717) is 25.4 Å². The Morgan fingerprint density at radius 2 is 2.06 bits per heavy atom. The average Bonchev–Trinajstić information content (AvgIpc) is 3.09. The summed E-state index contributed by atoms with van der Waals surface area (Å²) in [5, 5.41) is 9.17. The first-order valence-corrected chi connectivity index (χ1v) is 6.60. The van der Waals surface area contributed by atoms with E-state index in [2.05, 4.69) is 6.92 Å². The second-order valence-corrected chi connectivity index (χ2v) is 6.01. The zero-order chi connectivity index (χ0) is 13.5. The Labute approximate surface area is 108 Å². The molecule has 2 unspecified atom stereocenters. The minimum absolute atomic E-state index is 0.0284. The van der Waals surface area contributed by atoms with Crippen molar-refractivity contribution in [3.05, 3.63) is 0 Å². The summed E-state index contributed by atoms with van der Waals surface area (Å²) in [7, 11) is 1.82. The number of carbonyl (C=O) groups is 2. The zero-order valence-corrected chi connectivity index (χ0v) is 11.3. The minimum atomic E-state index is -0.810. The zero-order valence-electron chi connectivity index (χ0n) is 11.3. The van der Waals surface area contributed by atoms with Crippen molar-refractivity contribution in [1.29, 1.82) is 0 Å². The lowest BCUT2D eigenvalue weighted by atomic mass is 9.90. The van der Waals surface area contributed by atoms with Gasteiger partial charge in [-0.2, -0.15) is 0 Å². The maximum absolute atomic E-state index is 12.3. The number of rotatable bonds is 3. The number of hydrogen-bond acceptors (Lipinski definition) is 2. The summed E-state index contributed by atoms with van der Waals surface area (Å²) in [4.78, 5) is 26.9. The summed E-state index contributed by atoms with van der Waals surface area (Å²) in [5.74, 6) is -0.178.